The van der Waals surface area contributed by atoms with E-state index in [2.05, 4.69) is 0 Å². The first-order valence-electron chi connectivity index (χ1n) is 5.49. The van der Waals surface area contributed by atoms with Crippen molar-refractivity contribution in [2.24, 2.45) is 0 Å². The monoisotopic (exact) mass is 211 g/mol. The molecule has 1 saturated heterocycles. The fourth-order valence-corrected chi connectivity index (χ4v) is 1.90. The molecule has 0 unspecified atom stereocenters. The number of nitrogens with zero attached hydrogens (tertiary/aromatic N) is 1. The zero-order valence-corrected chi connectivity index (χ0v) is 9.07. The van der Waals surface area contributed by atoms with E-state index >= 15 is 0 Å². The van der Waals surface area contributed by atoms with Crippen LogP contribution in [0.1, 0.15) is 45.4 Å². The van der Waals surface area contributed by atoms with Gasteiger partial charge in [-0.05, 0) is 6.42 Å². The van der Waals surface area contributed by atoms with E-state index in [1.807, 2.05) is 6.92 Å². The van der Waals surface area contributed by atoms with Crippen molar-refractivity contribution < 1.29 is 14.4 Å². The summed E-state index contributed by atoms with van der Waals surface area (Å²) in [7, 11) is 0. The fourth-order valence-electron chi connectivity index (χ4n) is 1.90. The largest absolute Gasteiger partial charge is 0.303 e. The molecule has 0 radical (unpaired) electrons. The maximum absolute atomic E-state index is 11.5. The van der Waals surface area contributed by atoms with Crippen LogP contribution in [0.25, 0.3) is 0 Å². The fraction of sp³-hybridized carbons (Fsp3) is 0.727. The van der Waals surface area contributed by atoms with Crippen LogP contribution < -0.4 is 0 Å². The van der Waals surface area contributed by atoms with Crippen LogP contribution in [0.15, 0.2) is 0 Å². The summed E-state index contributed by atoms with van der Waals surface area (Å²) >= 11 is 0. The molecule has 4 nitrogen and oxygen atoms in total. The van der Waals surface area contributed by atoms with Crippen molar-refractivity contribution in [1.29, 1.82) is 0 Å². The third-order valence-corrected chi connectivity index (χ3v) is 2.71. The average molecular weight is 211 g/mol. The molecule has 0 saturated carbocycles. The summed E-state index contributed by atoms with van der Waals surface area (Å²) in [5, 5.41) is 0. The molecule has 4 heteroatoms. The van der Waals surface area contributed by atoms with Crippen LogP contribution in [0.3, 0.4) is 0 Å². The summed E-state index contributed by atoms with van der Waals surface area (Å²) in [5.41, 5.74) is 0. The molecule has 1 rings (SSSR count). The lowest BCUT2D eigenvalue weighted by Gasteiger charge is -2.24. The zero-order chi connectivity index (χ0) is 11.3. The van der Waals surface area contributed by atoms with Gasteiger partial charge in [-0.1, -0.05) is 19.8 Å². The van der Waals surface area contributed by atoms with Gasteiger partial charge >= 0.3 is 0 Å². The molecular formula is C11H17NO3. The Morgan fingerprint density at radius 3 is 2.40 bits per heavy atom. The molecule has 1 atom stereocenters. The summed E-state index contributed by atoms with van der Waals surface area (Å²) in [6.45, 7) is 2.05. The third kappa shape index (κ3) is 2.88. The van der Waals surface area contributed by atoms with E-state index in [0.29, 0.717) is 12.8 Å². The van der Waals surface area contributed by atoms with Gasteiger partial charge in [-0.25, -0.2) is 0 Å². The molecule has 84 valence electrons. The minimum absolute atomic E-state index is 0.122. The second-order valence-corrected chi connectivity index (χ2v) is 3.86. The Morgan fingerprint density at radius 2 is 1.93 bits per heavy atom. The molecule has 0 bridgehead atoms. The Balaban J connectivity index is 2.64. The van der Waals surface area contributed by atoms with Crippen LogP contribution in [-0.2, 0) is 14.4 Å². The van der Waals surface area contributed by atoms with Gasteiger partial charge in [0.15, 0.2) is 0 Å². The third-order valence-electron chi connectivity index (χ3n) is 2.71. The number of carbonyl (C=O) groups excluding carboxylic acids is 3. The Kier molecular flexibility index (Phi) is 4.46. The molecule has 2 amide bonds. The molecule has 15 heavy (non-hydrogen) atoms. The SMILES string of the molecule is CCCC[C@H](CC=O)N1C(=O)CCC1=O. The molecule has 0 aromatic heterocycles. The first-order valence-corrected chi connectivity index (χ1v) is 5.49. The lowest BCUT2D eigenvalue weighted by Crippen LogP contribution is -2.39. The van der Waals surface area contributed by atoms with Gasteiger partial charge in [0.05, 0.1) is 0 Å². The predicted molar refractivity (Wildman–Crippen MR) is 55.1 cm³/mol. The average Bonchev–Trinajstić information content (AvgIpc) is 2.54. The molecule has 0 N–H and O–H groups in total. The number of hydrogen-bond acceptors (Lipinski definition) is 3. The Morgan fingerprint density at radius 1 is 1.33 bits per heavy atom. The molecule has 0 spiro atoms. The van der Waals surface area contributed by atoms with E-state index in [1.165, 1.54) is 4.90 Å². The van der Waals surface area contributed by atoms with Crippen molar-refractivity contribution in [1.82, 2.24) is 4.90 Å². The van der Waals surface area contributed by atoms with Gasteiger partial charge in [0.2, 0.25) is 11.8 Å². The van der Waals surface area contributed by atoms with E-state index < -0.39 is 0 Å². The second-order valence-electron chi connectivity index (χ2n) is 3.86. The van der Waals surface area contributed by atoms with E-state index in [9.17, 15) is 14.4 Å². The molecule has 0 aromatic carbocycles. The topological polar surface area (TPSA) is 54.5 Å². The number of rotatable bonds is 6. The Bertz CT molecular complexity index is 247. The van der Waals surface area contributed by atoms with Crippen molar-refractivity contribution in [3.05, 3.63) is 0 Å². The normalized spacial score (nSPS) is 18.3. The number of hydrogen-bond donors (Lipinski definition) is 0. The lowest BCUT2D eigenvalue weighted by molar-refractivity contribution is -0.141. The van der Waals surface area contributed by atoms with Crippen LogP contribution in [-0.4, -0.2) is 29.0 Å². The van der Waals surface area contributed by atoms with Gasteiger partial charge < -0.3 is 4.79 Å². The van der Waals surface area contributed by atoms with Crippen LogP contribution >= 0.6 is 0 Å². The van der Waals surface area contributed by atoms with Crippen molar-refractivity contribution >= 4 is 18.1 Å². The number of imide groups is 1. The molecule has 1 aliphatic heterocycles. The van der Waals surface area contributed by atoms with Gasteiger partial charge in [-0.2, -0.15) is 0 Å². The molecule has 1 aliphatic rings. The van der Waals surface area contributed by atoms with Crippen molar-refractivity contribution in [2.45, 2.75) is 51.5 Å². The lowest BCUT2D eigenvalue weighted by atomic mass is 10.1. The molecule has 1 heterocycles. The maximum atomic E-state index is 11.5. The number of amides is 2. The van der Waals surface area contributed by atoms with E-state index in [0.717, 1.165) is 25.5 Å². The highest BCUT2D eigenvalue weighted by Crippen LogP contribution is 2.20. The minimum Gasteiger partial charge on any atom is -0.303 e. The number of carbonyl (C=O) groups is 3. The molecular weight excluding hydrogens is 194 g/mol. The Hall–Kier alpha value is -1.19. The van der Waals surface area contributed by atoms with Gasteiger partial charge in [-0.3, -0.25) is 14.5 Å². The summed E-state index contributed by atoms with van der Waals surface area (Å²) in [6, 6.07) is -0.204. The van der Waals surface area contributed by atoms with Crippen LogP contribution in [0.5, 0.6) is 0 Å². The number of likely N-dealkylation sites (tertiary alicyclic amines) is 1. The second kappa shape index (κ2) is 5.63. The molecule has 0 aliphatic carbocycles. The van der Waals surface area contributed by atoms with Gasteiger partial charge in [0.1, 0.15) is 6.29 Å². The van der Waals surface area contributed by atoms with Crippen LogP contribution in [0.2, 0.25) is 0 Å². The quantitative estimate of drug-likeness (QED) is 0.491. The maximum Gasteiger partial charge on any atom is 0.229 e. The first kappa shape index (κ1) is 11.9. The standard InChI is InChI=1S/C11H17NO3/c1-2-3-4-9(7-8-13)12-10(14)5-6-11(12)15/h8-9H,2-7H2,1H3/t9-/m1/s1. The summed E-state index contributed by atoms with van der Waals surface area (Å²) in [5.74, 6) is -0.245. The van der Waals surface area contributed by atoms with Crippen molar-refractivity contribution in [3.63, 3.8) is 0 Å². The minimum atomic E-state index is -0.204. The highest BCUT2D eigenvalue weighted by molar-refractivity contribution is 6.02. The van der Waals surface area contributed by atoms with Crippen LogP contribution in [0, 0.1) is 0 Å². The number of aldehydes is 1. The smallest absolute Gasteiger partial charge is 0.229 e. The highest BCUT2D eigenvalue weighted by atomic mass is 16.2. The number of unbranched alkanes of at least 4 members (excludes halogenated alkanes) is 1. The molecule has 1 fully saturated rings. The highest BCUT2D eigenvalue weighted by Gasteiger charge is 2.34. The van der Waals surface area contributed by atoms with Crippen LogP contribution in [0.4, 0.5) is 0 Å². The van der Waals surface area contributed by atoms with Crippen molar-refractivity contribution in [2.75, 3.05) is 0 Å². The van der Waals surface area contributed by atoms with E-state index in [4.69, 9.17) is 0 Å². The van der Waals surface area contributed by atoms with Gasteiger partial charge in [0, 0.05) is 25.3 Å². The summed E-state index contributed by atoms with van der Waals surface area (Å²) < 4.78 is 0. The molecule has 0 aromatic rings. The van der Waals surface area contributed by atoms with Gasteiger partial charge in [0.25, 0.3) is 0 Å². The van der Waals surface area contributed by atoms with E-state index in [-0.39, 0.29) is 24.3 Å². The Labute approximate surface area is 89.6 Å². The van der Waals surface area contributed by atoms with Crippen molar-refractivity contribution in [3.8, 4) is 0 Å². The van der Waals surface area contributed by atoms with Gasteiger partial charge in [-0.15, -0.1) is 0 Å². The zero-order valence-electron chi connectivity index (χ0n) is 9.07. The summed E-state index contributed by atoms with van der Waals surface area (Å²) in [6.07, 6.45) is 4.37. The van der Waals surface area contributed by atoms with E-state index in [1.54, 1.807) is 0 Å². The summed E-state index contributed by atoms with van der Waals surface area (Å²) in [4.78, 5) is 34.7. The predicted octanol–water partition coefficient (Wildman–Crippen LogP) is 1.28. The first-order chi connectivity index (χ1) is 7.20.